The minimum Gasteiger partial charge on any atom is -0.431 e. The van der Waals surface area contributed by atoms with Crippen LogP contribution in [0.3, 0.4) is 0 Å². The molecule has 4 rings (SSSR count). The van der Waals surface area contributed by atoms with Crippen LogP contribution < -0.4 is 20.3 Å². The summed E-state index contributed by atoms with van der Waals surface area (Å²) in [5.41, 5.74) is 6.79. The maximum absolute atomic E-state index is 12.6. The largest absolute Gasteiger partial charge is 0.431 e. The van der Waals surface area contributed by atoms with E-state index in [0.717, 1.165) is 51.4 Å². The summed E-state index contributed by atoms with van der Waals surface area (Å²) in [6.45, 7) is 1.73. The Morgan fingerprint density at radius 3 is 2.61 bits per heavy atom. The summed E-state index contributed by atoms with van der Waals surface area (Å²) in [5, 5.41) is 0. The molecule has 8 nitrogen and oxygen atoms in total. The fourth-order valence-corrected chi connectivity index (χ4v) is 3.15. The van der Waals surface area contributed by atoms with Crippen molar-refractivity contribution in [2.45, 2.75) is 19.5 Å². The standard InChI is InChI=1S/C18H22F2N6O2/c19-17(20)28-14-9-12(11-22-16(14)21)13-10-15(25-5-2-7-27-8-6-25)24-18(23-13)26-3-1-4-26/h9-11,17H,1-8H2,(H2,21,22). The van der Waals surface area contributed by atoms with E-state index in [0.29, 0.717) is 23.8 Å². The number of hydrogen-bond acceptors (Lipinski definition) is 8. The molecule has 0 bridgehead atoms. The van der Waals surface area contributed by atoms with Gasteiger partial charge in [-0.15, -0.1) is 0 Å². The highest BCUT2D eigenvalue weighted by Crippen LogP contribution is 2.31. The van der Waals surface area contributed by atoms with Gasteiger partial charge in [-0.2, -0.15) is 13.8 Å². The number of hydrogen-bond donors (Lipinski definition) is 1. The number of nitrogen functional groups attached to an aromatic ring is 1. The summed E-state index contributed by atoms with van der Waals surface area (Å²) >= 11 is 0. The number of rotatable bonds is 5. The molecule has 4 heterocycles. The van der Waals surface area contributed by atoms with Gasteiger partial charge < -0.3 is 25.0 Å². The molecule has 28 heavy (non-hydrogen) atoms. The van der Waals surface area contributed by atoms with Crippen LogP contribution in [0, 0.1) is 0 Å². The summed E-state index contributed by atoms with van der Waals surface area (Å²) in [6.07, 6.45) is 3.51. The summed E-state index contributed by atoms with van der Waals surface area (Å²) in [5.74, 6) is 1.15. The highest BCUT2D eigenvalue weighted by molar-refractivity contribution is 5.68. The molecule has 0 spiro atoms. The molecule has 0 aromatic carbocycles. The van der Waals surface area contributed by atoms with Crippen LogP contribution in [0.4, 0.5) is 26.4 Å². The molecule has 2 aliphatic heterocycles. The molecule has 2 N–H and O–H groups in total. The lowest BCUT2D eigenvalue weighted by Gasteiger charge is -2.32. The summed E-state index contributed by atoms with van der Waals surface area (Å²) in [4.78, 5) is 17.6. The van der Waals surface area contributed by atoms with E-state index in [-0.39, 0.29) is 11.6 Å². The van der Waals surface area contributed by atoms with Gasteiger partial charge >= 0.3 is 6.61 Å². The Balaban J connectivity index is 1.72. The molecule has 0 atom stereocenters. The van der Waals surface area contributed by atoms with E-state index in [4.69, 9.17) is 15.5 Å². The molecule has 0 aliphatic carbocycles. The molecule has 2 saturated heterocycles. The first-order chi connectivity index (χ1) is 13.6. The third kappa shape index (κ3) is 4.06. The van der Waals surface area contributed by atoms with Crippen LogP contribution in [0.15, 0.2) is 18.3 Å². The highest BCUT2D eigenvalue weighted by atomic mass is 19.3. The Bertz CT molecular complexity index is 826. The zero-order chi connectivity index (χ0) is 19.5. The predicted octanol–water partition coefficient (Wildman–Crippen LogP) is 2.16. The van der Waals surface area contributed by atoms with Gasteiger partial charge in [-0.05, 0) is 18.9 Å². The van der Waals surface area contributed by atoms with E-state index >= 15 is 0 Å². The van der Waals surface area contributed by atoms with Crippen LogP contribution in [-0.4, -0.2) is 61.0 Å². The average Bonchev–Trinajstić information content (AvgIpc) is 2.91. The Kier molecular flexibility index (Phi) is 5.38. The van der Waals surface area contributed by atoms with Gasteiger partial charge in [0.15, 0.2) is 11.6 Å². The smallest absolute Gasteiger partial charge is 0.387 e. The van der Waals surface area contributed by atoms with Crippen LogP contribution in [0.2, 0.25) is 0 Å². The normalized spacial score (nSPS) is 17.4. The molecule has 0 unspecified atom stereocenters. The monoisotopic (exact) mass is 392 g/mol. The van der Waals surface area contributed by atoms with E-state index in [1.165, 1.54) is 12.3 Å². The lowest BCUT2D eigenvalue weighted by molar-refractivity contribution is -0.0494. The summed E-state index contributed by atoms with van der Waals surface area (Å²) < 4.78 is 35.3. The van der Waals surface area contributed by atoms with Gasteiger partial charge in [0.1, 0.15) is 5.82 Å². The van der Waals surface area contributed by atoms with Crippen molar-refractivity contribution in [3.05, 3.63) is 18.3 Å². The lowest BCUT2D eigenvalue weighted by atomic mass is 10.2. The topological polar surface area (TPSA) is 89.6 Å². The fraction of sp³-hybridized carbons (Fsp3) is 0.500. The number of nitrogens with two attached hydrogens (primary N) is 1. The highest BCUT2D eigenvalue weighted by Gasteiger charge is 2.22. The minimum absolute atomic E-state index is 0.0917. The molecular formula is C18H22F2N6O2. The van der Waals surface area contributed by atoms with Crippen molar-refractivity contribution in [2.24, 2.45) is 0 Å². The number of pyridine rings is 1. The van der Waals surface area contributed by atoms with Gasteiger partial charge in [0.25, 0.3) is 0 Å². The fourth-order valence-electron chi connectivity index (χ4n) is 3.15. The maximum Gasteiger partial charge on any atom is 0.387 e. The third-order valence-electron chi connectivity index (χ3n) is 4.78. The molecule has 2 fully saturated rings. The molecule has 0 saturated carbocycles. The molecule has 2 aliphatic rings. The molecule has 0 amide bonds. The second kappa shape index (κ2) is 8.09. The van der Waals surface area contributed by atoms with E-state index in [1.54, 1.807) is 0 Å². The van der Waals surface area contributed by atoms with E-state index in [2.05, 4.69) is 24.5 Å². The molecule has 2 aromatic rings. The molecule has 150 valence electrons. The van der Waals surface area contributed by atoms with Gasteiger partial charge in [0.2, 0.25) is 5.95 Å². The van der Waals surface area contributed by atoms with Crippen molar-refractivity contribution in [3.63, 3.8) is 0 Å². The van der Waals surface area contributed by atoms with E-state index < -0.39 is 6.61 Å². The van der Waals surface area contributed by atoms with Gasteiger partial charge in [-0.1, -0.05) is 0 Å². The quantitative estimate of drug-likeness (QED) is 0.828. The Morgan fingerprint density at radius 2 is 1.86 bits per heavy atom. The van der Waals surface area contributed by atoms with Crippen LogP contribution in [0.1, 0.15) is 12.8 Å². The van der Waals surface area contributed by atoms with Crippen molar-refractivity contribution in [1.29, 1.82) is 0 Å². The first-order valence-corrected chi connectivity index (χ1v) is 9.27. The van der Waals surface area contributed by atoms with Crippen LogP contribution >= 0.6 is 0 Å². The minimum atomic E-state index is -2.98. The number of halogens is 2. The summed E-state index contributed by atoms with van der Waals surface area (Å²) in [7, 11) is 0. The average molecular weight is 392 g/mol. The van der Waals surface area contributed by atoms with Gasteiger partial charge in [-0.25, -0.2) is 9.97 Å². The molecule has 2 aromatic heterocycles. The summed E-state index contributed by atoms with van der Waals surface area (Å²) in [6, 6.07) is 3.28. The van der Waals surface area contributed by atoms with E-state index in [9.17, 15) is 8.78 Å². The first-order valence-electron chi connectivity index (χ1n) is 9.27. The van der Waals surface area contributed by atoms with Gasteiger partial charge in [0.05, 0.1) is 12.3 Å². The van der Waals surface area contributed by atoms with Crippen LogP contribution in [0.25, 0.3) is 11.3 Å². The van der Waals surface area contributed by atoms with Gasteiger partial charge in [-0.3, -0.25) is 0 Å². The Labute approximate surface area is 161 Å². The number of nitrogens with zero attached hydrogens (tertiary/aromatic N) is 5. The first kappa shape index (κ1) is 18.6. The van der Waals surface area contributed by atoms with Crippen molar-refractivity contribution in [1.82, 2.24) is 15.0 Å². The van der Waals surface area contributed by atoms with E-state index in [1.807, 2.05) is 6.07 Å². The zero-order valence-corrected chi connectivity index (χ0v) is 15.4. The van der Waals surface area contributed by atoms with Crippen LogP contribution in [0.5, 0.6) is 5.75 Å². The third-order valence-corrected chi connectivity index (χ3v) is 4.78. The number of anilines is 3. The number of alkyl halides is 2. The second-order valence-corrected chi connectivity index (χ2v) is 6.69. The van der Waals surface area contributed by atoms with Gasteiger partial charge in [0, 0.05) is 50.6 Å². The Morgan fingerprint density at radius 1 is 1.04 bits per heavy atom. The Hall–Kier alpha value is -2.75. The zero-order valence-electron chi connectivity index (χ0n) is 15.4. The van der Waals surface area contributed by atoms with Crippen LogP contribution in [-0.2, 0) is 4.74 Å². The molecular weight excluding hydrogens is 370 g/mol. The second-order valence-electron chi connectivity index (χ2n) is 6.69. The molecule has 0 radical (unpaired) electrons. The predicted molar refractivity (Wildman–Crippen MR) is 101 cm³/mol. The SMILES string of the molecule is Nc1ncc(-c2cc(N3CCCOCC3)nc(N3CCC3)n2)cc1OC(F)F. The van der Waals surface area contributed by atoms with Crippen molar-refractivity contribution < 1.29 is 18.3 Å². The number of ether oxygens (including phenoxy) is 2. The molecule has 10 heteroatoms. The van der Waals surface area contributed by atoms with Crippen molar-refractivity contribution in [3.8, 4) is 17.0 Å². The lowest BCUT2D eigenvalue weighted by Crippen LogP contribution is -2.39. The maximum atomic E-state index is 12.6. The van der Waals surface area contributed by atoms with Crippen molar-refractivity contribution in [2.75, 3.05) is 54.9 Å². The van der Waals surface area contributed by atoms with Crippen molar-refractivity contribution >= 4 is 17.6 Å². The number of aromatic nitrogens is 3.